The number of anilines is 4. The third-order valence-corrected chi connectivity index (χ3v) is 4.44. The molecule has 0 radical (unpaired) electrons. The predicted octanol–water partition coefficient (Wildman–Crippen LogP) is 3.03. The fourth-order valence-electron chi connectivity index (χ4n) is 3.06. The van der Waals surface area contributed by atoms with Gasteiger partial charge < -0.3 is 21.3 Å². The summed E-state index contributed by atoms with van der Waals surface area (Å²) < 4.78 is 0. The van der Waals surface area contributed by atoms with Gasteiger partial charge in [-0.25, -0.2) is 9.97 Å². The zero-order chi connectivity index (χ0) is 16.5. The molecule has 24 heavy (non-hydrogen) atoms. The van der Waals surface area contributed by atoms with Gasteiger partial charge in [0.1, 0.15) is 12.1 Å². The molecule has 1 aliphatic rings. The molecule has 0 aliphatic carbocycles. The fraction of sp³-hybridized carbons (Fsp3) is 0.222. The number of rotatable bonds is 4. The number of hydrogen-bond acceptors (Lipinski definition) is 6. The van der Waals surface area contributed by atoms with Crippen molar-refractivity contribution in [3.63, 3.8) is 0 Å². The first-order valence-electron chi connectivity index (χ1n) is 8.11. The maximum Gasteiger partial charge on any atom is 0.137 e. The van der Waals surface area contributed by atoms with E-state index in [0.29, 0.717) is 6.54 Å². The van der Waals surface area contributed by atoms with Gasteiger partial charge in [0.2, 0.25) is 0 Å². The Hall–Kier alpha value is -3.02. The summed E-state index contributed by atoms with van der Waals surface area (Å²) in [5.74, 6) is 0.822. The van der Waals surface area contributed by atoms with Gasteiger partial charge in [0.25, 0.3) is 0 Å². The summed E-state index contributed by atoms with van der Waals surface area (Å²) in [6.45, 7) is 4.58. The average Bonchev–Trinajstić information content (AvgIpc) is 3.01. The van der Waals surface area contributed by atoms with Crippen molar-refractivity contribution < 1.29 is 0 Å². The van der Waals surface area contributed by atoms with Crippen LogP contribution in [-0.4, -0.2) is 23.2 Å². The van der Waals surface area contributed by atoms with Gasteiger partial charge in [0.15, 0.2) is 0 Å². The lowest BCUT2D eigenvalue weighted by Gasteiger charge is -2.15. The summed E-state index contributed by atoms with van der Waals surface area (Å²) in [5, 5.41) is 7.83. The van der Waals surface area contributed by atoms with Crippen LogP contribution in [0.2, 0.25) is 0 Å². The molecule has 1 aromatic heterocycles. The Balaban J connectivity index is 1.68. The minimum atomic E-state index is 0.629. The molecule has 0 atom stereocenters. The van der Waals surface area contributed by atoms with Crippen LogP contribution < -0.4 is 21.3 Å². The monoisotopic (exact) mass is 320 g/mol. The molecular weight excluding hydrogens is 300 g/mol. The number of hydrogen-bond donors (Lipinski definition) is 3. The highest BCUT2D eigenvalue weighted by Gasteiger charge is 2.19. The maximum atomic E-state index is 6.01. The number of nitrogen functional groups attached to an aromatic ring is 1. The highest BCUT2D eigenvalue weighted by Crippen LogP contribution is 2.36. The van der Waals surface area contributed by atoms with Crippen molar-refractivity contribution in [3.8, 4) is 0 Å². The van der Waals surface area contributed by atoms with Gasteiger partial charge >= 0.3 is 0 Å². The molecule has 4 rings (SSSR count). The Kier molecular flexibility index (Phi) is 3.57. The van der Waals surface area contributed by atoms with Crippen LogP contribution in [0.1, 0.15) is 12.5 Å². The number of benzene rings is 2. The second kappa shape index (κ2) is 5.88. The zero-order valence-electron chi connectivity index (χ0n) is 13.6. The average molecular weight is 320 g/mol. The van der Waals surface area contributed by atoms with Gasteiger partial charge in [-0.3, -0.25) is 0 Å². The first-order chi connectivity index (χ1) is 11.8. The highest BCUT2D eigenvalue weighted by atomic mass is 15.3. The van der Waals surface area contributed by atoms with Crippen LogP contribution in [0, 0.1) is 0 Å². The minimum Gasteiger partial charge on any atom is -0.398 e. The third kappa shape index (κ3) is 2.46. The van der Waals surface area contributed by atoms with E-state index < -0.39 is 0 Å². The molecule has 6 nitrogen and oxygen atoms in total. The van der Waals surface area contributed by atoms with E-state index in [9.17, 15) is 0 Å². The van der Waals surface area contributed by atoms with Crippen molar-refractivity contribution in [3.05, 3.63) is 48.3 Å². The van der Waals surface area contributed by atoms with Crippen LogP contribution in [0.4, 0.5) is 22.9 Å². The topological polar surface area (TPSA) is 79.1 Å². The van der Waals surface area contributed by atoms with Gasteiger partial charge in [0.05, 0.1) is 23.6 Å². The van der Waals surface area contributed by atoms with E-state index in [-0.39, 0.29) is 0 Å². The van der Waals surface area contributed by atoms with Crippen LogP contribution in [0.25, 0.3) is 10.9 Å². The number of nitrogens with zero attached hydrogens (tertiary/aromatic N) is 3. The van der Waals surface area contributed by atoms with Gasteiger partial charge in [0, 0.05) is 24.2 Å². The Labute approximate surface area is 140 Å². The lowest BCUT2D eigenvalue weighted by atomic mass is 10.1. The van der Waals surface area contributed by atoms with Gasteiger partial charge in [-0.2, -0.15) is 0 Å². The van der Waals surface area contributed by atoms with Crippen LogP contribution in [0.5, 0.6) is 0 Å². The van der Waals surface area contributed by atoms with Crippen LogP contribution in [0.15, 0.2) is 42.7 Å². The van der Waals surface area contributed by atoms with Gasteiger partial charge in [-0.05, 0) is 30.7 Å². The second-order valence-corrected chi connectivity index (χ2v) is 5.85. The Bertz CT molecular complexity index is 892. The molecule has 0 fully saturated rings. The maximum absolute atomic E-state index is 6.01. The van der Waals surface area contributed by atoms with Crippen LogP contribution in [0.3, 0.4) is 0 Å². The molecule has 2 aromatic carbocycles. The van der Waals surface area contributed by atoms with E-state index in [1.54, 1.807) is 6.33 Å². The quantitative estimate of drug-likeness (QED) is 0.641. The molecule has 2 heterocycles. The van der Waals surface area contributed by atoms with Crippen molar-refractivity contribution in [1.82, 2.24) is 9.97 Å². The molecule has 0 amide bonds. The number of nitrogens with one attached hydrogen (secondary N) is 2. The number of aromatic nitrogens is 2. The minimum absolute atomic E-state index is 0.629. The first kappa shape index (κ1) is 14.6. The van der Waals surface area contributed by atoms with E-state index >= 15 is 0 Å². The normalized spacial score (nSPS) is 13.0. The molecular formula is C18H20N6. The van der Waals surface area contributed by atoms with Crippen molar-refractivity contribution >= 4 is 33.8 Å². The Morgan fingerprint density at radius 1 is 1.25 bits per heavy atom. The van der Waals surface area contributed by atoms with Crippen molar-refractivity contribution in [2.75, 3.05) is 34.5 Å². The van der Waals surface area contributed by atoms with Crippen LogP contribution >= 0.6 is 0 Å². The Morgan fingerprint density at radius 3 is 2.96 bits per heavy atom. The number of para-hydroxylation sites is 1. The summed E-state index contributed by atoms with van der Waals surface area (Å²) in [6.07, 6.45) is 1.60. The molecule has 0 spiro atoms. The molecule has 0 saturated carbocycles. The number of nitrogens with two attached hydrogens (primary N) is 1. The SMILES string of the molecule is CCN1CNc2cc3c(NCc4ccccc4N)ncnc3cc21. The third-order valence-electron chi connectivity index (χ3n) is 4.44. The lowest BCUT2D eigenvalue weighted by Crippen LogP contribution is -2.21. The first-order valence-corrected chi connectivity index (χ1v) is 8.11. The van der Waals surface area contributed by atoms with E-state index in [4.69, 9.17) is 5.73 Å². The van der Waals surface area contributed by atoms with Crippen molar-refractivity contribution in [2.24, 2.45) is 0 Å². The zero-order valence-corrected chi connectivity index (χ0v) is 13.6. The van der Waals surface area contributed by atoms with Crippen molar-refractivity contribution in [2.45, 2.75) is 13.5 Å². The largest absolute Gasteiger partial charge is 0.398 e. The number of fused-ring (bicyclic) bond motifs is 2. The molecule has 0 saturated heterocycles. The lowest BCUT2D eigenvalue weighted by molar-refractivity contribution is 0.911. The second-order valence-electron chi connectivity index (χ2n) is 5.85. The molecule has 4 N–H and O–H groups in total. The molecule has 1 aliphatic heterocycles. The van der Waals surface area contributed by atoms with Crippen molar-refractivity contribution in [1.29, 1.82) is 0 Å². The summed E-state index contributed by atoms with van der Waals surface area (Å²) in [4.78, 5) is 11.1. The smallest absolute Gasteiger partial charge is 0.137 e. The molecule has 0 unspecified atom stereocenters. The molecule has 3 aromatic rings. The van der Waals surface area contributed by atoms with Gasteiger partial charge in [-0.1, -0.05) is 18.2 Å². The van der Waals surface area contributed by atoms with E-state index in [1.807, 2.05) is 24.3 Å². The fourth-order valence-corrected chi connectivity index (χ4v) is 3.06. The predicted molar refractivity (Wildman–Crippen MR) is 99.2 cm³/mol. The summed E-state index contributed by atoms with van der Waals surface area (Å²) in [7, 11) is 0. The summed E-state index contributed by atoms with van der Waals surface area (Å²) >= 11 is 0. The molecule has 6 heteroatoms. The van der Waals surface area contributed by atoms with Crippen LogP contribution in [-0.2, 0) is 6.54 Å². The Morgan fingerprint density at radius 2 is 2.12 bits per heavy atom. The summed E-state index contributed by atoms with van der Waals surface area (Å²) in [6, 6.07) is 12.1. The van der Waals surface area contributed by atoms with E-state index in [0.717, 1.165) is 46.9 Å². The van der Waals surface area contributed by atoms with E-state index in [1.165, 1.54) is 5.69 Å². The summed E-state index contributed by atoms with van der Waals surface area (Å²) in [5.41, 5.74) is 11.1. The standard InChI is InChI=1S/C18H20N6/c1-2-24-11-23-16-7-13-15(8-17(16)24)21-10-22-18(13)20-9-12-5-3-4-6-14(12)19/h3-8,10,23H,2,9,11,19H2,1H3,(H,20,21,22). The molecule has 122 valence electrons. The van der Waals surface area contributed by atoms with Gasteiger partial charge in [-0.15, -0.1) is 0 Å². The molecule has 0 bridgehead atoms. The highest BCUT2D eigenvalue weighted by molar-refractivity contribution is 5.97. The van der Waals surface area contributed by atoms with E-state index in [2.05, 4.69) is 44.6 Å².